The average Bonchev–Trinajstić information content (AvgIpc) is 3.28. The van der Waals surface area contributed by atoms with Crippen LogP contribution in [0.3, 0.4) is 0 Å². The van der Waals surface area contributed by atoms with Crippen LogP contribution >= 0.6 is 0 Å². The molecule has 2 atom stereocenters. The van der Waals surface area contributed by atoms with E-state index in [-0.39, 0.29) is 47.8 Å². The highest BCUT2D eigenvalue weighted by atomic mass is 32.2. The topological polar surface area (TPSA) is 135 Å². The van der Waals surface area contributed by atoms with Gasteiger partial charge in [-0.05, 0) is 57.2 Å². The maximum atomic E-state index is 17.0. The summed E-state index contributed by atoms with van der Waals surface area (Å²) in [6.07, 6.45) is 1.50. The van der Waals surface area contributed by atoms with Crippen molar-refractivity contribution < 1.29 is 40.6 Å². The second-order valence-electron chi connectivity index (χ2n) is 12.9. The zero-order valence-electron chi connectivity index (χ0n) is 26.8. The van der Waals surface area contributed by atoms with Gasteiger partial charge in [0, 0.05) is 43.0 Å². The zero-order valence-corrected chi connectivity index (χ0v) is 27.6. The Morgan fingerprint density at radius 1 is 1.06 bits per heavy atom. The molecule has 2 saturated heterocycles. The van der Waals surface area contributed by atoms with Gasteiger partial charge in [-0.2, -0.15) is 5.26 Å². The molecule has 6 rings (SSSR count). The second-order valence-corrected chi connectivity index (χ2v) is 14.8. The van der Waals surface area contributed by atoms with E-state index < -0.39 is 78.3 Å². The normalized spacial score (nSPS) is 18.0. The predicted octanol–water partition coefficient (Wildman–Crippen LogP) is 5.71. The number of hydrogen-bond acceptors (Lipinski definition) is 10. The van der Waals surface area contributed by atoms with Gasteiger partial charge in [0.2, 0.25) is 15.0 Å². The number of aromatic nitrogens is 2. The first-order chi connectivity index (χ1) is 22.6. The molecule has 2 aliphatic rings. The number of fused-ring (bicyclic) bond motifs is 4. The molecule has 0 aliphatic carbocycles. The van der Waals surface area contributed by atoms with Crippen LogP contribution in [-0.2, 0) is 19.3 Å². The highest BCUT2D eigenvalue weighted by Crippen LogP contribution is 2.44. The average molecular weight is 684 g/mol. The fraction of sp³-hybridized carbons (Fsp3) is 0.394. The molecular weight excluding hydrogens is 651 g/mol. The van der Waals surface area contributed by atoms with Crippen LogP contribution in [0.15, 0.2) is 35.5 Å². The van der Waals surface area contributed by atoms with Gasteiger partial charge in [-0.15, -0.1) is 0 Å². The van der Waals surface area contributed by atoms with Crippen LogP contribution < -0.4 is 9.64 Å². The molecule has 48 heavy (non-hydrogen) atoms. The quantitative estimate of drug-likeness (QED) is 0.184. The molecule has 0 saturated carbocycles. The first-order valence-electron chi connectivity index (χ1n) is 15.1. The Bertz CT molecular complexity index is 2120. The van der Waals surface area contributed by atoms with E-state index in [0.29, 0.717) is 12.8 Å². The van der Waals surface area contributed by atoms with Crippen molar-refractivity contribution in [2.75, 3.05) is 38.1 Å². The number of rotatable bonds is 6. The Morgan fingerprint density at radius 2 is 1.75 bits per heavy atom. The minimum absolute atomic E-state index is 0.102. The number of halogens is 3. The molecule has 1 aromatic heterocycles. The Labute approximate surface area is 274 Å². The van der Waals surface area contributed by atoms with Crippen molar-refractivity contribution in [3.8, 4) is 22.9 Å². The number of piperazine rings is 1. The van der Waals surface area contributed by atoms with Gasteiger partial charge < -0.3 is 19.1 Å². The maximum absolute atomic E-state index is 17.0. The van der Waals surface area contributed by atoms with Gasteiger partial charge in [0.15, 0.2) is 18.4 Å². The smallest absolute Gasteiger partial charge is 0.410 e. The van der Waals surface area contributed by atoms with Crippen molar-refractivity contribution in [3.63, 3.8) is 0 Å². The lowest BCUT2D eigenvalue weighted by Gasteiger charge is -2.42. The predicted molar refractivity (Wildman–Crippen MR) is 170 cm³/mol. The molecule has 252 valence electrons. The van der Waals surface area contributed by atoms with Crippen LogP contribution in [-0.4, -0.2) is 80.3 Å². The second kappa shape index (κ2) is 12.1. The molecule has 2 fully saturated rings. The largest absolute Gasteiger partial charge is 0.468 e. The number of nitrogens with zero attached hydrogens (tertiary/aromatic N) is 5. The number of methoxy groups -OCH3 is 1. The maximum Gasteiger partial charge on any atom is 0.410 e. The van der Waals surface area contributed by atoms with Gasteiger partial charge in [0.05, 0.1) is 23.0 Å². The number of carbonyl (C=O) groups excluding carboxylic acids is 1. The lowest BCUT2D eigenvalue weighted by molar-refractivity contribution is 0.0122. The first kappa shape index (κ1) is 33.2. The number of sulfone groups is 1. The highest BCUT2D eigenvalue weighted by Gasteiger charge is 2.45. The third-order valence-corrected chi connectivity index (χ3v) is 9.17. The number of amides is 1. The van der Waals surface area contributed by atoms with Gasteiger partial charge in [0.1, 0.15) is 34.6 Å². The van der Waals surface area contributed by atoms with E-state index in [2.05, 4.69) is 9.97 Å². The van der Waals surface area contributed by atoms with E-state index in [1.807, 2.05) is 0 Å². The van der Waals surface area contributed by atoms with Crippen molar-refractivity contribution in [3.05, 3.63) is 53.3 Å². The first-order valence-corrected chi connectivity index (χ1v) is 17.0. The van der Waals surface area contributed by atoms with Crippen molar-refractivity contribution in [1.82, 2.24) is 14.9 Å². The number of benzene rings is 3. The third-order valence-electron chi connectivity index (χ3n) is 8.33. The molecule has 3 aromatic carbocycles. The van der Waals surface area contributed by atoms with Crippen LogP contribution in [0.2, 0.25) is 0 Å². The molecule has 0 radical (unpaired) electrons. The number of anilines is 1. The Kier molecular flexibility index (Phi) is 8.37. The summed E-state index contributed by atoms with van der Waals surface area (Å²) in [5, 5.41) is 9.12. The van der Waals surface area contributed by atoms with Crippen LogP contribution in [0, 0.1) is 28.8 Å². The van der Waals surface area contributed by atoms with Crippen LogP contribution in [0.5, 0.6) is 5.75 Å². The van der Waals surface area contributed by atoms with Gasteiger partial charge in [-0.1, -0.05) is 12.1 Å². The molecule has 2 aliphatic heterocycles. The summed E-state index contributed by atoms with van der Waals surface area (Å²) in [4.78, 5) is 24.4. The van der Waals surface area contributed by atoms with Crippen molar-refractivity contribution in [2.24, 2.45) is 0 Å². The fourth-order valence-electron chi connectivity index (χ4n) is 6.46. The van der Waals surface area contributed by atoms with E-state index in [4.69, 9.17) is 14.2 Å². The molecular formula is C33H32F3N5O6S. The number of hydrogen-bond donors (Lipinski definition) is 0. The molecule has 3 heterocycles. The van der Waals surface area contributed by atoms with E-state index in [9.17, 15) is 18.5 Å². The Balaban J connectivity index is 1.58. The molecule has 0 spiro atoms. The summed E-state index contributed by atoms with van der Waals surface area (Å²) in [6, 6.07) is 7.78. The summed E-state index contributed by atoms with van der Waals surface area (Å²) >= 11 is 0. The molecule has 2 bridgehead atoms. The van der Waals surface area contributed by atoms with Crippen LogP contribution in [0.4, 0.5) is 23.8 Å². The summed E-state index contributed by atoms with van der Waals surface area (Å²) in [7, 11) is -2.79. The van der Waals surface area contributed by atoms with Crippen LogP contribution in [0.25, 0.3) is 32.8 Å². The van der Waals surface area contributed by atoms with Gasteiger partial charge in [-0.25, -0.2) is 36.4 Å². The summed E-state index contributed by atoms with van der Waals surface area (Å²) < 4.78 is 90.8. The minimum Gasteiger partial charge on any atom is -0.468 e. The van der Waals surface area contributed by atoms with Crippen molar-refractivity contribution >= 4 is 43.4 Å². The molecule has 2 unspecified atom stereocenters. The van der Waals surface area contributed by atoms with Crippen molar-refractivity contribution in [2.45, 2.75) is 56.5 Å². The number of nitriles is 1. The SMILES string of the molecule is COCOc1cc(-c2c(C#N)c(F)c3c(N4CC5CCC(C4)N5C(=O)OC(C)(C)C)nc(S(C)(=O)=O)nc3c2F)c2c(F)cccc2c1. The van der Waals surface area contributed by atoms with E-state index in [0.717, 1.165) is 12.3 Å². The lowest BCUT2D eigenvalue weighted by atomic mass is 9.92. The molecule has 15 heteroatoms. The summed E-state index contributed by atoms with van der Waals surface area (Å²) in [6.45, 7) is 5.25. The summed E-state index contributed by atoms with van der Waals surface area (Å²) in [5.74, 6) is -3.36. The van der Waals surface area contributed by atoms with E-state index in [1.54, 1.807) is 36.6 Å². The fourth-order valence-corrected chi connectivity index (χ4v) is 6.97. The molecule has 0 N–H and O–H groups in total. The van der Waals surface area contributed by atoms with E-state index >= 15 is 13.2 Å². The molecule has 4 aromatic rings. The molecule has 1 amide bonds. The van der Waals surface area contributed by atoms with Gasteiger partial charge >= 0.3 is 6.09 Å². The van der Waals surface area contributed by atoms with Crippen molar-refractivity contribution in [1.29, 1.82) is 5.26 Å². The summed E-state index contributed by atoms with van der Waals surface area (Å²) in [5.41, 5.74) is -3.05. The van der Waals surface area contributed by atoms with E-state index in [1.165, 1.54) is 31.4 Å². The Morgan fingerprint density at radius 3 is 2.35 bits per heavy atom. The highest BCUT2D eigenvalue weighted by molar-refractivity contribution is 7.90. The standard InChI is InChI=1S/C33H32F3N5O6S/c1-33(2,3)47-32(42)41-18-9-10-19(41)15-40(14-18)30-26-27(35)22(13-37)25(28(36)29(26)38-31(39-30)48(5,43)44)21-12-20(46-16-45-4)11-17-7-6-8-23(34)24(17)21/h6-8,11-12,18-19H,9-10,14-16H2,1-5H3. The number of carbonyl (C=O) groups is 1. The molecule has 11 nitrogen and oxygen atoms in total. The number of ether oxygens (including phenoxy) is 3. The van der Waals surface area contributed by atoms with Crippen LogP contribution in [0.1, 0.15) is 39.2 Å². The lowest BCUT2D eigenvalue weighted by Crippen LogP contribution is -2.57. The minimum atomic E-state index is -4.17. The van der Waals surface area contributed by atoms with Gasteiger partial charge in [0.25, 0.3) is 0 Å². The van der Waals surface area contributed by atoms with Gasteiger partial charge in [-0.3, -0.25) is 4.90 Å². The third kappa shape index (κ3) is 5.83. The monoisotopic (exact) mass is 683 g/mol. The Hall–Kier alpha value is -4.68. The zero-order chi connectivity index (χ0) is 34.7.